The van der Waals surface area contributed by atoms with Crippen LogP contribution >= 0.6 is 0 Å². The van der Waals surface area contributed by atoms with E-state index in [0.717, 1.165) is 0 Å². The highest BCUT2D eigenvalue weighted by atomic mass is 16.5. The van der Waals surface area contributed by atoms with Crippen LogP contribution in [0.4, 0.5) is 0 Å². The molecule has 1 amide bonds. The minimum Gasteiger partial charge on any atom is -0.489 e. The highest BCUT2D eigenvalue weighted by Crippen LogP contribution is 2.34. The number of nitrogens with zero attached hydrogens (tertiary/aromatic N) is 1. The van der Waals surface area contributed by atoms with Crippen molar-refractivity contribution in [2.45, 2.75) is 13.8 Å². The summed E-state index contributed by atoms with van der Waals surface area (Å²) in [5.74, 6) is 1.44. The third-order valence-corrected chi connectivity index (χ3v) is 3.34. The first kappa shape index (κ1) is 15.1. The van der Waals surface area contributed by atoms with E-state index in [1.165, 1.54) is 12.5 Å². The fourth-order valence-corrected chi connectivity index (χ4v) is 2.05. The van der Waals surface area contributed by atoms with Crippen LogP contribution in [-0.2, 0) is 0 Å². The first-order chi connectivity index (χ1) is 11.0. The molecule has 0 saturated carbocycles. The van der Waals surface area contributed by atoms with Gasteiger partial charge in [0.05, 0.1) is 25.7 Å². The molecule has 1 aromatic carbocycles. The zero-order chi connectivity index (χ0) is 16.3. The number of furan rings is 1. The monoisotopic (exact) mass is 314 g/mol. The predicted octanol–water partition coefficient (Wildman–Crippen LogP) is 2.84. The van der Waals surface area contributed by atoms with E-state index >= 15 is 0 Å². The highest BCUT2D eigenvalue weighted by Gasteiger charge is 2.25. The van der Waals surface area contributed by atoms with Crippen LogP contribution in [0, 0.1) is 5.41 Å². The topological polar surface area (TPSA) is 73.1 Å². The summed E-state index contributed by atoms with van der Waals surface area (Å²) < 4.78 is 16.6. The largest absolute Gasteiger partial charge is 0.489 e. The number of rotatable bonds is 3. The van der Waals surface area contributed by atoms with Gasteiger partial charge < -0.3 is 13.9 Å². The van der Waals surface area contributed by atoms with Gasteiger partial charge >= 0.3 is 0 Å². The molecule has 23 heavy (non-hydrogen) atoms. The number of carbonyl (C=O) groups is 1. The quantitative estimate of drug-likeness (QED) is 0.698. The fraction of sp³-hybridized carbons (Fsp3) is 0.294. The van der Waals surface area contributed by atoms with Crippen molar-refractivity contribution in [2.24, 2.45) is 10.5 Å². The number of nitrogens with one attached hydrogen (secondary N) is 1. The number of ether oxygens (including phenoxy) is 2. The molecule has 0 bridgehead atoms. The molecule has 120 valence electrons. The summed E-state index contributed by atoms with van der Waals surface area (Å²) in [6, 6.07) is 8.56. The number of hydrogen-bond acceptors (Lipinski definition) is 5. The van der Waals surface area contributed by atoms with E-state index in [0.29, 0.717) is 36.0 Å². The molecule has 0 aliphatic carbocycles. The SMILES string of the molecule is CC1(C)COc2ccc(C(=O)N/N=C\c3ccco3)cc2OC1. The van der Waals surface area contributed by atoms with E-state index < -0.39 is 0 Å². The molecule has 2 aromatic rings. The Morgan fingerprint density at radius 1 is 1.22 bits per heavy atom. The molecule has 0 atom stereocenters. The van der Waals surface area contributed by atoms with Gasteiger partial charge in [0.1, 0.15) is 5.76 Å². The molecule has 6 heteroatoms. The molecule has 0 fully saturated rings. The van der Waals surface area contributed by atoms with Gasteiger partial charge in [-0.25, -0.2) is 5.43 Å². The molecule has 2 heterocycles. The molecule has 1 aromatic heterocycles. The molecule has 0 saturated heterocycles. The van der Waals surface area contributed by atoms with E-state index in [2.05, 4.69) is 24.4 Å². The van der Waals surface area contributed by atoms with E-state index in [9.17, 15) is 4.79 Å². The Morgan fingerprint density at radius 3 is 2.74 bits per heavy atom. The third-order valence-electron chi connectivity index (χ3n) is 3.34. The average Bonchev–Trinajstić information content (AvgIpc) is 2.99. The Balaban J connectivity index is 1.69. The van der Waals surface area contributed by atoms with Crippen LogP contribution in [0.5, 0.6) is 11.5 Å². The van der Waals surface area contributed by atoms with Crippen molar-refractivity contribution in [3.05, 3.63) is 47.9 Å². The maximum Gasteiger partial charge on any atom is 0.271 e. The van der Waals surface area contributed by atoms with Crippen LogP contribution in [0.3, 0.4) is 0 Å². The maximum atomic E-state index is 12.1. The van der Waals surface area contributed by atoms with Gasteiger partial charge in [-0.15, -0.1) is 0 Å². The summed E-state index contributed by atoms with van der Waals surface area (Å²) in [5.41, 5.74) is 2.82. The van der Waals surface area contributed by atoms with Gasteiger partial charge in [-0.05, 0) is 30.3 Å². The van der Waals surface area contributed by atoms with E-state index in [4.69, 9.17) is 13.9 Å². The minimum absolute atomic E-state index is 0.0746. The second-order valence-electron chi connectivity index (χ2n) is 6.12. The highest BCUT2D eigenvalue weighted by molar-refractivity contribution is 5.95. The normalized spacial score (nSPS) is 16.1. The van der Waals surface area contributed by atoms with Crippen molar-refractivity contribution >= 4 is 12.1 Å². The van der Waals surface area contributed by atoms with E-state index in [1.54, 1.807) is 30.3 Å². The second-order valence-corrected chi connectivity index (χ2v) is 6.12. The van der Waals surface area contributed by atoms with Crippen molar-refractivity contribution in [3.63, 3.8) is 0 Å². The number of hydrazone groups is 1. The number of hydrogen-bond donors (Lipinski definition) is 1. The summed E-state index contributed by atoms with van der Waals surface area (Å²) in [6.07, 6.45) is 2.97. The van der Waals surface area contributed by atoms with Crippen LogP contribution in [-0.4, -0.2) is 25.3 Å². The van der Waals surface area contributed by atoms with E-state index in [1.807, 2.05) is 0 Å². The molecule has 0 unspecified atom stereocenters. The number of benzene rings is 1. The smallest absolute Gasteiger partial charge is 0.271 e. The molecule has 1 aliphatic heterocycles. The first-order valence-electron chi connectivity index (χ1n) is 7.30. The molecule has 1 aliphatic rings. The first-order valence-corrected chi connectivity index (χ1v) is 7.30. The van der Waals surface area contributed by atoms with Gasteiger partial charge in [-0.1, -0.05) is 13.8 Å². The maximum absolute atomic E-state index is 12.1. The minimum atomic E-state index is -0.331. The van der Waals surface area contributed by atoms with Gasteiger partial charge in [0.2, 0.25) is 0 Å². The number of amides is 1. The summed E-state index contributed by atoms with van der Waals surface area (Å²) in [5, 5.41) is 3.85. The van der Waals surface area contributed by atoms with Gasteiger partial charge in [0.25, 0.3) is 5.91 Å². The molecular formula is C17H18N2O4. The molecule has 1 N–H and O–H groups in total. The van der Waals surface area contributed by atoms with Crippen molar-refractivity contribution in [2.75, 3.05) is 13.2 Å². The molecule has 0 spiro atoms. The zero-order valence-electron chi connectivity index (χ0n) is 13.0. The van der Waals surface area contributed by atoms with Crippen molar-refractivity contribution in [3.8, 4) is 11.5 Å². The second kappa shape index (κ2) is 6.16. The van der Waals surface area contributed by atoms with Crippen LogP contribution in [0.1, 0.15) is 30.0 Å². The molecular weight excluding hydrogens is 296 g/mol. The summed E-state index contributed by atoms with van der Waals surface area (Å²) >= 11 is 0. The van der Waals surface area contributed by atoms with Crippen molar-refractivity contribution in [1.29, 1.82) is 0 Å². The van der Waals surface area contributed by atoms with Crippen LogP contribution < -0.4 is 14.9 Å². The fourth-order valence-electron chi connectivity index (χ4n) is 2.05. The summed E-state index contributed by atoms with van der Waals surface area (Å²) in [6.45, 7) is 5.23. The van der Waals surface area contributed by atoms with Crippen LogP contribution in [0.15, 0.2) is 46.1 Å². The lowest BCUT2D eigenvalue weighted by Crippen LogP contribution is -2.26. The average molecular weight is 314 g/mol. The van der Waals surface area contributed by atoms with E-state index in [-0.39, 0.29) is 11.3 Å². The van der Waals surface area contributed by atoms with Crippen LogP contribution in [0.25, 0.3) is 0 Å². The lowest BCUT2D eigenvalue weighted by atomic mass is 9.97. The van der Waals surface area contributed by atoms with Crippen molar-refractivity contribution < 1.29 is 18.7 Å². The Hall–Kier alpha value is -2.76. The lowest BCUT2D eigenvalue weighted by molar-refractivity contribution is 0.0954. The molecule has 0 radical (unpaired) electrons. The Labute approximate surface area is 134 Å². The Morgan fingerprint density at radius 2 is 2.00 bits per heavy atom. The lowest BCUT2D eigenvalue weighted by Gasteiger charge is -2.19. The Kier molecular flexibility index (Phi) is 4.06. The van der Waals surface area contributed by atoms with Crippen molar-refractivity contribution in [1.82, 2.24) is 5.43 Å². The van der Waals surface area contributed by atoms with Gasteiger partial charge in [0, 0.05) is 11.0 Å². The van der Waals surface area contributed by atoms with Gasteiger partial charge in [0.15, 0.2) is 11.5 Å². The van der Waals surface area contributed by atoms with Crippen LogP contribution in [0.2, 0.25) is 0 Å². The standard InChI is InChI=1S/C17H18N2O4/c1-17(2)10-22-14-6-5-12(8-15(14)23-11-17)16(20)19-18-9-13-4-3-7-21-13/h3-9H,10-11H2,1-2H3,(H,19,20)/b18-9-. The van der Waals surface area contributed by atoms with Gasteiger partial charge in [-0.3, -0.25) is 4.79 Å². The predicted molar refractivity (Wildman–Crippen MR) is 85.0 cm³/mol. The zero-order valence-corrected chi connectivity index (χ0v) is 13.0. The number of fused-ring (bicyclic) bond motifs is 1. The third kappa shape index (κ3) is 3.71. The Bertz CT molecular complexity index is 720. The molecule has 6 nitrogen and oxygen atoms in total. The summed E-state index contributed by atoms with van der Waals surface area (Å²) in [7, 11) is 0. The van der Waals surface area contributed by atoms with Gasteiger partial charge in [-0.2, -0.15) is 5.10 Å². The number of carbonyl (C=O) groups excluding carboxylic acids is 1. The summed E-state index contributed by atoms with van der Waals surface area (Å²) in [4.78, 5) is 12.1. The molecule has 3 rings (SSSR count).